The summed E-state index contributed by atoms with van der Waals surface area (Å²) < 4.78 is 40.3. The lowest BCUT2D eigenvalue weighted by Gasteiger charge is -2.22. The van der Waals surface area contributed by atoms with Crippen molar-refractivity contribution in [3.05, 3.63) is 74.6 Å². The Balaban J connectivity index is 1.93. The molecule has 1 atom stereocenters. The zero-order chi connectivity index (χ0) is 29.8. The number of halogens is 5. The number of nitrogens with one attached hydrogen (secondary N) is 2. The minimum Gasteiger partial charge on any atom is -0.339 e. The molecule has 0 saturated carbocycles. The molecule has 214 valence electrons. The smallest absolute Gasteiger partial charge is 0.339 e. The molecule has 0 aliphatic carbocycles. The Morgan fingerprint density at radius 1 is 1.05 bits per heavy atom. The van der Waals surface area contributed by atoms with Crippen LogP contribution in [0.25, 0.3) is 11.4 Å². The summed E-state index contributed by atoms with van der Waals surface area (Å²) in [6.07, 6.45) is -5.87. The highest BCUT2D eigenvalue weighted by Gasteiger charge is 2.31. The summed E-state index contributed by atoms with van der Waals surface area (Å²) in [5.41, 5.74) is 3.77. The number of imide groups is 1. The first-order chi connectivity index (χ1) is 18.6. The lowest BCUT2D eigenvalue weighted by molar-refractivity contribution is -0.137. The Morgan fingerprint density at radius 3 is 2.25 bits per heavy atom. The van der Waals surface area contributed by atoms with Crippen molar-refractivity contribution in [2.24, 2.45) is 5.73 Å². The van der Waals surface area contributed by atoms with Gasteiger partial charge in [-0.15, -0.1) is 5.10 Å². The number of nitrogens with zero attached hydrogens (tertiary/aromatic N) is 3. The van der Waals surface area contributed by atoms with Crippen LogP contribution in [0.2, 0.25) is 10.0 Å². The average Bonchev–Trinajstić information content (AvgIpc) is 3.15. The Labute approximate surface area is 236 Å². The second-order valence-corrected chi connectivity index (χ2v) is 10.2. The molecule has 3 rings (SSSR count). The lowest BCUT2D eigenvalue weighted by atomic mass is 10.0. The maximum atomic E-state index is 13.0. The summed E-state index contributed by atoms with van der Waals surface area (Å²) in [4.78, 5) is 51.3. The van der Waals surface area contributed by atoms with Gasteiger partial charge in [0.25, 0.3) is 5.91 Å². The van der Waals surface area contributed by atoms with Crippen LogP contribution in [0.5, 0.6) is 0 Å². The van der Waals surface area contributed by atoms with Gasteiger partial charge in [0.05, 0.1) is 12.0 Å². The van der Waals surface area contributed by atoms with Crippen molar-refractivity contribution in [1.82, 2.24) is 25.0 Å². The third-order valence-electron chi connectivity index (χ3n) is 5.54. The van der Waals surface area contributed by atoms with E-state index in [1.54, 1.807) is 12.1 Å². The number of hydrogen-bond acceptors (Lipinski definition) is 6. The highest BCUT2D eigenvalue weighted by atomic mass is 35.5. The highest BCUT2D eigenvalue weighted by molar-refractivity contribution is 6.31. The van der Waals surface area contributed by atoms with Crippen molar-refractivity contribution in [3.63, 3.8) is 0 Å². The molecule has 0 radical (unpaired) electrons. The number of benzene rings is 2. The van der Waals surface area contributed by atoms with E-state index < -0.39 is 60.7 Å². The first-order valence-corrected chi connectivity index (χ1v) is 12.5. The van der Waals surface area contributed by atoms with Crippen molar-refractivity contribution in [2.75, 3.05) is 0 Å². The summed E-state index contributed by atoms with van der Waals surface area (Å²) in [7, 11) is 0. The minimum absolute atomic E-state index is 0.0982. The maximum Gasteiger partial charge on any atom is 0.390 e. The Kier molecular flexibility index (Phi) is 9.44. The predicted octanol–water partition coefficient (Wildman–Crippen LogP) is 3.21. The number of hydrogen-bond donors (Lipinski definition) is 3. The van der Waals surface area contributed by atoms with Crippen LogP contribution in [0.4, 0.5) is 13.2 Å². The molecule has 3 amide bonds. The molecular formula is C25H25Cl2F3N6O4. The normalized spacial score (nSPS) is 12.6. The molecule has 10 nitrogen and oxygen atoms in total. The maximum absolute atomic E-state index is 13.0. The largest absolute Gasteiger partial charge is 0.390 e. The van der Waals surface area contributed by atoms with E-state index in [0.29, 0.717) is 15.3 Å². The van der Waals surface area contributed by atoms with Gasteiger partial charge in [0.2, 0.25) is 11.8 Å². The van der Waals surface area contributed by atoms with Crippen LogP contribution >= 0.6 is 23.2 Å². The fraction of sp³-hybridized carbons (Fsp3) is 0.320. The third-order valence-corrected chi connectivity index (χ3v) is 6.14. The molecule has 1 heterocycles. The van der Waals surface area contributed by atoms with Gasteiger partial charge in [-0.2, -0.15) is 13.2 Å². The molecule has 0 bridgehead atoms. The van der Waals surface area contributed by atoms with Crippen molar-refractivity contribution in [1.29, 1.82) is 0 Å². The lowest BCUT2D eigenvalue weighted by Crippen LogP contribution is -2.53. The average molecular weight is 601 g/mol. The summed E-state index contributed by atoms with van der Waals surface area (Å²) in [6.45, 7) is 1.24. The molecule has 0 fully saturated rings. The summed E-state index contributed by atoms with van der Waals surface area (Å²) in [6, 6.07) is 10.4. The molecule has 1 unspecified atom stereocenters. The summed E-state index contributed by atoms with van der Waals surface area (Å²) in [5.74, 6) is -2.80. The van der Waals surface area contributed by atoms with E-state index in [-0.39, 0.29) is 16.4 Å². The second-order valence-electron chi connectivity index (χ2n) is 9.35. The molecule has 0 aliphatic rings. The summed E-state index contributed by atoms with van der Waals surface area (Å²) in [5, 5.41) is 9.04. The van der Waals surface area contributed by atoms with Crippen molar-refractivity contribution in [2.45, 2.75) is 51.1 Å². The number of amides is 3. The molecule has 15 heteroatoms. The van der Waals surface area contributed by atoms with Gasteiger partial charge in [-0.1, -0.05) is 41.4 Å². The van der Waals surface area contributed by atoms with Gasteiger partial charge >= 0.3 is 11.9 Å². The molecule has 0 spiro atoms. The molecule has 1 aromatic heterocycles. The number of rotatable bonds is 9. The van der Waals surface area contributed by atoms with E-state index in [9.17, 15) is 32.3 Å². The van der Waals surface area contributed by atoms with Crippen molar-refractivity contribution >= 4 is 40.9 Å². The van der Waals surface area contributed by atoms with E-state index >= 15 is 0 Å². The molecule has 40 heavy (non-hydrogen) atoms. The Hall–Kier alpha value is -3.68. The monoisotopic (exact) mass is 600 g/mol. The van der Waals surface area contributed by atoms with E-state index in [1.165, 1.54) is 50.2 Å². The topological polar surface area (TPSA) is 141 Å². The van der Waals surface area contributed by atoms with Gasteiger partial charge in [0.15, 0.2) is 5.82 Å². The van der Waals surface area contributed by atoms with E-state index in [0.717, 1.165) is 4.57 Å². The molecular weight excluding hydrogens is 576 g/mol. The Bertz CT molecular complexity index is 1460. The zero-order valence-corrected chi connectivity index (χ0v) is 22.8. The second kappa shape index (κ2) is 12.2. The van der Waals surface area contributed by atoms with Crippen LogP contribution < -0.4 is 22.1 Å². The fourth-order valence-corrected chi connectivity index (χ4v) is 3.85. The van der Waals surface area contributed by atoms with Crippen LogP contribution in [0.15, 0.2) is 53.3 Å². The van der Waals surface area contributed by atoms with Gasteiger partial charge in [0, 0.05) is 27.7 Å². The van der Waals surface area contributed by atoms with Gasteiger partial charge < -0.3 is 11.1 Å². The minimum atomic E-state index is -4.55. The first-order valence-electron chi connectivity index (χ1n) is 11.7. The third kappa shape index (κ3) is 7.93. The predicted molar refractivity (Wildman–Crippen MR) is 141 cm³/mol. The molecule has 2 aromatic carbocycles. The fourth-order valence-electron chi connectivity index (χ4n) is 3.48. The van der Waals surface area contributed by atoms with Crippen molar-refractivity contribution in [3.8, 4) is 11.4 Å². The van der Waals surface area contributed by atoms with Gasteiger partial charge in [-0.05, 0) is 44.2 Å². The van der Waals surface area contributed by atoms with Crippen LogP contribution in [0.1, 0.15) is 31.9 Å². The number of carbonyl (C=O) groups is 3. The summed E-state index contributed by atoms with van der Waals surface area (Å²) >= 11 is 12.1. The quantitative estimate of drug-likeness (QED) is 0.344. The van der Waals surface area contributed by atoms with E-state index in [1.807, 2.05) is 0 Å². The van der Waals surface area contributed by atoms with Gasteiger partial charge in [-0.25, -0.2) is 9.48 Å². The van der Waals surface area contributed by atoms with Crippen LogP contribution in [0, 0.1) is 0 Å². The van der Waals surface area contributed by atoms with Gasteiger partial charge in [0.1, 0.15) is 12.6 Å². The highest BCUT2D eigenvalue weighted by Crippen LogP contribution is 2.25. The molecule has 4 N–H and O–H groups in total. The van der Waals surface area contributed by atoms with Crippen LogP contribution in [-0.4, -0.2) is 43.8 Å². The zero-order valence-electron chi connectivity index (χ0n) is 21.3. The standard InChI is InChI=1S/C25H25Cl2F3N6O4/c1-24(2,31)22(39)33-21(38)19(16-5-3-4-6-17(16)27)32-18(37)13-36-23(40)35(12-11-25(28,29)30)20(34-36)14-7-9-15(26)10-8-14/h3-10,19H,11-13,31H2,1-2H3,(H,32,37)(H,33,38,39). The number of alkyl halides is 3. The van der Waals surface area contributed by atoms with Crippen molar-refractivity contribution < 1.29 is 27.6 Å². The SMILES string of the molecule is CC(C)(N)C(=O)NC(=O)C(NC(=O)Cn1nc(-c2ccc(Cl)cc2)n(CCC(F)(F)F)c1=O)c1ccccc1Cl. The molecule has 3 aromatic rings. The number of carbonyl (C=O) groups excluding carboxylic acids is 3. The van der Waals surface area contributed by atoms with E-state index in [2.05, 4.69) is 15.7 Å². The number of nitrogens with two attached hydrogens (primary N) is 1. The van der Waals surface area contributed by atoms with Crippen LogP contribution in [0.3, 0.4) is 0 Å². The first kappa shape index (κ1) is 30.9. The molecule has 0 saturated heterocycles. The van der Waals surface area contributed by atoms with Crippen LogP contribution in [-0.2, 0) is 27.5 Å². The van der Waals surface area contributed by atoms with E-state index in [4.69, 9.17) is 28.9 Å². The Morgan fingerprint density at radius 2 is 1.68 bits per heavy atom. The van der Waals surface area contributed by atoms with Gasteiger partial charge in [-0.3, -0.25) is 24.3 Å². The number of aromatic nitrogens is 3. The molecule has 0 aliphatic heterocycles.